The monoisotopic (exact) mass is 325 g/mol. The largest absolute Gasteiger partial charge is 0.504 e. The molecule has 0 saturated heterocycles. The Bertz CT molecular complexity index is 811. The van der Waals surface area contributed by atoms with Crippen LogP contribution in [0.4, 0.5) is 5.69 Å². The van der Waals surface area contributed by atoms with E-state index in [2.05, 4.69) is 10.3 Å². The second kappa shape index (κ2) is 5.78. The van der Waals surface area contributed by atoms with E-state index in [4.69, 9.17) is 4.42 Å². The van der Waals surface area contributed by atoms with Crippen molar-refractivity contribution >= 4 is 21.6 Å². The van der Waals surface area contributed by atoms with E-state index in [1.54, 1.807) is 0 Å². The number of hydrogen-bond donors (Lipinski definition) is 2. The minimum atomic E-state index is -3.77. The Balaban J connectivity index is 2.33. The first-order valence-corrected chi connectivity index (χ1v) is 7.64. The molecule has 0 fully saturated rings. The molecule has 0 aliphatic rings. The lowest BCUT2D eigenvalue weighted by atomic mass is 10.2. The third-order valence-corrected chi connectivity index (χ3v) is 4.59. The van der Waals surface area contributed by atoms with Crippen LogP contribution < -0.4 is 5.32 Å². The molecule has 2 heterocycles. The second-order valence-corrected chi connectivity index (χ2v) is 6.75. The normalized spacial score (nSPS) is 11.6. The number of rotatable bonds is 4. The fraction of sp³-hybridized carbons (Fsp3) is 0.231. The Morgan fingerprint density at radius 3 is 2.68 bits per heavy atom. The summed E-state index contributed by atoms with van der Waals surface area (Å²) in [5.74, 6) is -0.632. The summed E-state index contributed by atoms with van der Waals surface area (Å²) in [5, 5.41) is 11.7. The molecule has 2 aromatic heterocycles. The maximum atomic E-state index is 12.2. The van der Waals surface area contributed by atoms with Crippen LogP contribution in [0.15, 0.2) is 34.0 Å². The van der Waals surface area contributed by atoms with E-state index in [0.717, 1.165) is 10.4 Å². The fourth-order valence-electron chi connectivity index (χ4n) is 1.67. The minimum Gasteiger partial charge on any atom is -0.504 e. The van der Waals surface area contributed by atoms with Gasteiger partial charge in [-0.25, -0.2) is 12.7 Å². The number of nitrogens with zero attached hydrogens (tertiary/aromatic N) is 2. The van der Waals surface area contributed by atoms with Gasteiger partial charge in [-0.2, -0.15) is 0 Å². The molecule has 118 valence electrons. The van der Waals surface area contributed by atoms with E-state index in [0.29, 0.717) is 0 Å². The van der Waals surface area contributed by atoms with Gasteiger partial charge >= 0.3 is 0 Å². The summed E-state index contributed by atoms with van der Waals surface area (Å²) in [5.41, 5.74) is 0.231. The molecule has 0 aliphatic carbocycles. The van der Waals surface area contributed by atoms with Gasteiger partial charge in [-0.15, -0.1) is 0 Å². The van der Waals surface area contributed by atoms with Crippen LogP contribution in [-0.2, 0) is 10.0 Å². The lowest BCUT2D eigenvalue weighted by Gasteiger charge is -2.07. The molecule has 0 aliphatic heterocycles. The molecule has 0 saturated carbocycles. The van der Waals surface area contributed by atoms with Crippen molar-refractivity contribution in [2.45, 2.75) is 12.0 Å². The number of carbonyl (C=O) groups excluding carboxylic acids is 1. The molecule has 0 spiro atoms. The highest BCUT2D eigenvalue weighted by Gasteiger charge is 2.25. The average molecular weight is 325 g/mol. The van der Waals surface area contributed by atoms with Gasteiger partial charge < -0.3 is 14.8 Å². The number of hydrogen-bond acceptors (Lipinski definition) is 6. The third-order valence-electron chi connectivity index (χ3n) is 2.92. The number of pyridine rings is 1. The number of carbonyl (C=O) groups is 1. The Hall–Kier alpha value is -2.39. The van der Waals surface area contributed by atoms with Gasteiger partial charge in [-0.3, -0.25) is 9.78 Å². The van der Waals surface area contributed by atoms with Crippen molar-refractivity contribution < 1.29 is 22.7 Å². The topological polar surface area (TPSA) is 113 Å². The van der Waals surface area contributed by atoms with Gasteiger partial charge in [0.05, 0.1) is 17.4 Å². The maximum absolute atomic E-state index is 12.2. The summed E-state index contributed by atoms with van der Waals surface area (Å²) in [6, 6.07) is 2.57. The van der Waals surface area contributed by atoms with E-state index in [9.17, 15) is 18.3 Å². The standard InChI is InChI=1S/C13H15N3O5S/c1-8-9(6-12(21-8)22(19,20)16(2)3)13(18)15-10-4-5-14-7-11(10)17/h4-7,17H,1-3H3,(H,14,15,18). The van der Waals surface area contributed by atoms with Crippen molar-refractivity contribution in [1.29, 1.82) is 0 Å². The fourth-order valence-corrected chi connectivity index (χ4v) is 2.53. The van der Waals surface area contributed by atoms with Crippen LogP contribution in [0.2, 0.25) is 0 Å². The summed E-state index contributed by atoms with van der Waals surface area (Å²) in [6.45, 7) is 1.48. The van der Waals surface area contributed by atoms with Gasteiger partial charge in [-0.1, -0.05) is 0 Å². The zero-order valence-electron chi connectivity index (χ0n) is 12.2. The number of aromatic hydroxyl groups is 1. The van der Waals surface area contributed by atoms with Crippen LogP contribution in [0.25, 0.3) is 0 Å². The van der Waals surface area contributed by atoms with Crippen molar-refractivity contribution in [2.24, 2.45) is 0 Å². The zero-order chi connectivity index (χ0) is 16.5. The molecule has 2 rings (SSSR count). The number of anilines is 1. The highest BCUT2D eigenvalue weighted by Crippen LogP contribution is 2.24. The van der Waals surface area contributed by atoms with Gasteiger partial charge in [0.2, 0.25) is 5.09 Å². The first-order chi connectivity index (χ1) is 10.2. The van der Waals surface area contributed by atoms with Crippen molar-refractivity contribution in [1.82, 2.24) is 9.29 Å². The smallest absolute Gasteiger partial charge is 0.275 e. The molecule has 0 atom stereocenters. The number of furan rings is 1. The molecule has 2 N–H and O–H groups in total. The summed E-state index contributed by atoms with van der Waals surface area (Å²) in [6.07, 6.45) is 2.58. The highest BCUT2D eigenvalue weighted by molar-refractivity contribution is 7.88. The van der Waals surface area contributed by atoms with Crippen LogP contribution in [0, 0.1) is 6.92 Å². The zero-order valence-corrected chi connectivity index (χ0v) is 13.0. The van der Waals surface area contributed by atoms with Crippen molar-refractivity contribution in [2.75, 3.05) is 19.4 Å². The molecule has 1 amide bonds. The number of aromatic nitrogens is 1. The molecule has 0 aromatic carbocycles. The molecule has 9 heteroatoms. The van der Waals surface area contributed by atoms with Crippen molar-refractivity contribution in [3.8, 4) is 5.75 Å². The lowest BCUT2D eigenvalue weighted by Crippen LogP contribution is -2.21. The first-order valence-electron chi connectivity index (χ1n) is 6.20. The van der Waals surface area contributed by atoms with Crippen LogP contribution in [0.5, 0.6) is 5.75 Å². The Morgan fingerprint density at radius 1 is 1.41 bits per heavy atom. The molecule has 0 radical (unpaired) electrons. The number of amides is 1. The van der Waals surface area contributed by atoms with Crippen LogP contribution >= 0.6 is 0 Å². The van der Waals surface area contributed by atoms with E-state index >= 15 is 0 Å². The lowest BCUT2D eigenvalue weighted by molar-refractivity contribution is 0.102. The SMILES string of the molecule is Cc1oc(S(=O)(=O)N(C)C)cc1C(=O)Nc1ccncc1O. The van der Waals surface area contributed by atoms with Gasteiger partial charge in [0.1, 0.15) is 5.76 Å². The van der Waals surface area contributed by atoms with E-state index in [1.807, 2.05) is 0 Å². The quantitative estimate of drug-likeness (QED) is 0.873. The third kappa shape index (κ3) is 2.95. The summed E-state index contributed by atoms with van der Waals surface area (Å²) in [4.78, 5) is 15.9. The molecule has 0 bridgehead atoms. The number of aryl methyl sites for hydroxylation is 1. The summed E-state index contributed by atoms with van der Waals surface area (Å²) >= 11 is 0. The molecular formula is C13H15N3O5S. The predicted octanol–water partition coefficient (Wildman–Crippen LogP) is 1.19. The van der Waals surface area contributed by atoms with Crippen LogP contribution in [0.3, 0.4) is 0 Å². The molecule has 22 heavy (non-hydrogen) atoms. The number of nitrogens with one attached hydrogen (secondary N) is 1. The first kappa shape index (κ1) is 16.0. The Kier molecular flexibility index (Phi) is 4.20. The van der Waals surface area contributed by atoms with Gasteiger partial charge in [-0.05, 0) is 13.0 Å². The Labute approximate surface area is 127 Å². The van der Waals surface area contributed by atoms with Crippen LogP contribution in [0.1, 0.15) is 16.1 Å². The molecule has 2 aromatic rings. The van der Waals surface area contributed by atoms with E-state index in [-0.39, 0.29) is 27.9 Å². The Morgan fingerprint density at radius 2 is 2.09 bits per heavy atom. The van der Waals surface area contributed by atoms with Crippen LogP contribution in [-0.4, -0.2) is 42.8 Å². The van der Waals surface area contributed by atoms with Crippen molar-refractivity contribution in [3.05, 3.63) is 35.9 Å². The van der Waals surface area contributed by atoms with E-state index < -0.39 is 15.9 Å². The molecule has 0 unspecified atom stereocenters. The summed E-state index contributed by atoms with van der Waals surface area (Å²) in [7, 11) is -1.04. The van der Waals surface area contributed by atoms with Gasteiger partial charge in [0, 0.05) is 26.4 Å². The molecule has 8 nitrogen and oxygen atoms in total. The molecular weight excluding hydrogens is 310 g/mol. The predicted molar refractivity (Wildman–Crippen MR) is 78.2 cm³/mol. The van der Waals surface area contributed by atoms with Gasteiger partial charge in [0.15, 0.2) is 5.75 Å². The summed E-state index contributed by atoms with van der Waals surface area (Å²) < 4.78 is 30.1. The highest BCUT2D eigenvalue weighted by atomic mass is 32.2. The minimum absolute atomic E-state index is 0.0663. The second-order valence-electron chi connectivity index (χ2n) is 4.67. The van der Waals surface area contributed by atoms with Crippen molar-refractivity contribution in [3.63, 3.8) is 0 Å². The van der Waals surface area contributed by atoms with Gasteiger partial charge in [0.25, 0.3) is 15.9 Å². The average Bonchev–Trinajstić information content (AvgIpc) is 2.84. The van der Waals surface area contributed by atoms with E-state index in [1.165, 1.54) is 39.5 Å². The maximum Gasteiger partial charge on any atom is 0.275 e. The number of sulfonamides is 1.